The Kier molecular flexibility index (Phi) is 11.6. The second-order valence-electron chi connectivity index (χ2n) is 9.31. The van der Waals surface area contributed by atoms with E-state index in [-0.39, 0.29) is 23.0 Å². The highest BCUT2D eigenvalue weighted by atomic mass is 32.2. The smallest absolute Gasteiger partial charge is 0.264 e. The number of nitrogens with one attached hydrogen (secondary N) is 1. The first-order valence-corrected chi connectivity index (χ1v) is 15.2. The highest BCUT2D eigenvalue weighted by molar-refractivity contribution is 7.92. The highest BCUT2D eigenvalue weighted by Crippen LogP contribution is 2.33. The van der Waals surface area contributed by atoms with Gasteiger partial charge in [-0.3, -0.25) is 13.9 Å². The van der Waals surface area contributed by atoms with E-state index in [4.69, 9.17) is 9.47 Å². The maximum absolute atomic E-state index is 14.2. The van der Waals surface area contributed by atoms with Crippen LogP contribution in [0.25, 0.3) is 0 Å². The molecule has 0 spiro atoms. The standard InChI is InChI=1S/C31H39N3O6S/c1-5-20-32-31(36)27(6-2)33(22-24-14-13-15-25(21-24)39-4)30(35)23-34(28-18-11-12-19-29(28)40-7-3)41(37,38)26-16-9-8-10-17-26/h8-19,21,27H,5-7,20,22-23H2,1-4H3,(H,32,36)/t27-/m1/s1. The lowest BCUT2D eigenvalue weighted by Crippen LogP contribution is -2.52. The van der Waals surface area contributed by atoms with Crippen molar-refractivity contribution in [2.75, 3.05) is 31.1 Å². The first-order chi connectivity index (χ1) is 19.8. The van der Waals surface area contributed by atoms with Gasteiger partial charge in [0.1, 0.15) is 24.1 Å². The van der Waals surface area contributed by atoms with Gasteiger partial charge >= 0.3 is 0 Å². The van der Waals surface area contributed by atoms with Crippen LogP contribution in [0.3, 0.4) is 0 Å². The molecule has 0 aliphatic heterocycles. The van der Waals surface area contributed by atoms with Crippen LogP contribution in [-0.4, -0.2) is 58.0 Å². The van der Waals surface area contributed by atoms with Crippen molar-refractivity contribution in [1.29, 1.82) is 0 Å². The molecule has 0 unspecified atom stereocenters. The summed E-state index contributed by atoms with van der Waals surface area (Å²) in [6.45, 7) is 5.89. The molecule has 0 bridgehead atoms. The van der Waals surface area contributed by atoms with E-state index in [9.17, 15) is 18.0 Å². The van der Waals surface area contributed by atoms with E-state index < -0.39 is 28.5 Å². The first-order valence-electron chi connectivity index (χ1n) is 13.8. The summed E-state index contributed by atoms with van der Waals surface area (Å²) in [6, 6.07) is 21.1. The Morgan fingerprint density at radius 3 is 2.29 bits per heavy atom. The zero-order valence-electron chi connectivity index (χ0n) is 24.1. The molecule has 0 aromatic heterocycles. The number of anilines is 1. The molecule has 3 aromatic carbocycles. The van der Waals surface area contributed by atoms with Gasteiger partial charge in [-0.1, -0.05) is 56.3 Å². The van der Waals surface area contributed by atoms with Gasteiger partial charge in [0.25, 0.3) is 10.0 Å². The minimum absolute atomic E-state index is 0.0335. The number of methoxy groups -OCH3 is 1. The summed E-state index contributed by atoms with van der Waals surface area (Å²) in [7, 11) is -2.64. The summed E-state index contributed by atoms with van der Waals surface area (Å²) in [6.07, 6.45) is 1.08. The molecule has 0 radical (unpaired) electrons. The number of ether oxygens (including phenoxy) is 2. The fourth-order valence-electron chi connectivity index (χ4n) is 4.43. The van der Waals surface area contributed by atoms with Gasteiger partial charge in [0.15, 0.2) is 0 Å². The van der Waals surface area contributed by atoms with Gasteiger partial charge in [0, 0.05) is 13.1 Å². The summed E-state index contributed by atoms with van der Waals surface area (Å²) < 4.78 is 40.2. The molecule has 41 heavy (non-hydrogen) atoms. The first kappa shape index (κ1) is 31.5. The van der Waals surface area contributed by atoms with E-state index in [1.54, 1.807) is 74.7 Å². The number of benzene rings is 3. The van der Waals surface area contributed by atoms with Gasteiger partial charge in [-0.05, 0) is 61.7 Å². The molecule has 1 N–H and O–H groups in total. The molecule has 220 valence electrons. The van der Waals surface area contributed by atoms with Crippen LogP contribution in [0.2, 0.25) is 0 Å². The topological polar surface area (TPSA) is 105 Å². The second kappa shape index (κ2) is 15.1. The molecule has 0 fully saturated rings. The van der Waals surface area contributed by atoms with Crippen LogP contribution in [0.4, 0.5) is 5.69 Å². The molecular formula is C31H39N3O6S. The van der Waals surface area contributed by atoms with Crippen molar-refractivity contribution in [3.8, 4) is 11.5 Å². The number of rotatable bonds is 15. The molecule has 0 heterocycles. The van der Waals surface area contributed by atoms with Crippen LogP contribution in [0.15, 0.2) is 83.8 Å². The summed E-state index contributed by atoms with van der Waals surface area (Å²) in [4.78, 5) is 28.9. The van der Waals surface area contributed by atoms with E-state index in [0.29, 0.717) is 31.1 Å². The summed E-state index contributed by atoms with van der Waals surface area (Å²) in [5.41, 5.74) is 0.975. The Labute approximate surface area is 243 Å². The lowest BCUT2D eigenvalue weighted by atomic mass is 10.1. The van der Waals surface area contributed by atoms with Gasteiger partial charge in [-0.2, -0.15) is 0 Å². The predicted octanol–water partition coefficient (Wildman–Crippen LogP) is 4.62. The number of para-hydroxylation sites is 2. The highest BCUT2D eigenvalue weighted by Gasteiger charge is 2.34. The molecule has 9 nitrogen and oxygen atoms in total. The molecule has 10 heteroatoms. The molecule has 0 aliphatic carbocycles. The maximum Gasteiger partial charge on any atom is 0.264 e. The summed E-state index contributed by atoms with van der Waals surface area (Å²) in [5.74, 6) is 0.113. The van der Waals surface area contributed by atoms with Crippen molar-refractivity contribution in [2.24, 2.45) is 0 Å². The lowest BCUT2D eigenvalue weighted by Gasteiger charge is -2.33. The van der Waals surface area contributed by atoms with Crippen molar-refractivity contribution in [2.45, 2.75) is 51.1 Å². The monoisotopic (exact) mass is 581 g/mol. The number of hydrogen-bond acceptors (Lipinski definition) is 6. The van der Waals surface area contributed by atoms with Crippen molar-refractivity contribution in [1.82, 2.24) is 10.2 Å². The van der Waals surface area contributed by atoms with E-state index in [1.807, 2.05) is 19.9 Å². The van der Waals surface area contributed by atoms with Gasteiger partial charge in [0.2, 0.25) is 11.8 Å². The Morgan fingerprint density at radius 1 is 0.927 bits per heavy atom. The predicted molar refractivity (Wildman–Crippen MR) is 160 cm³/mol. The number of nitrogens with zero attached hydrogens (tertiary/aromatic N) is 2. The average Bonchev–Trinajstić information content (AvgIpc) is 2.99. The number of sulfonamides is 1. The van der Waals surface area contributed by atoms with E-state index in [0.717, 1.165) is 16.3 Å². The normalized spacial score (nSPS) is 11.8. The molecule has 0 saturated carbocycles. The van der Waals surface area contributed by atoms with Gasteiger partial charge < -0.3 is 19.7 Å². The van der Waals surface area contributed by atoms with Crippen LogP contribution in [0, 0.1) is 0 Å². The Bertz CT molecular complexity index is 1400. The van der Waals surface area contributed by atoms with Gasteiger partial charge in [0.05, 0.1) is 24.3 Å². The quantitative estimate of drug-likeness (QED) is 0.281. The fraction of sp³-hybridized carbons (Fsp3) is 0.355. The lowest BCUT2D eigenvalue weighted by molar-refractivity contribution is -0.140. The Balaban J connectivity index is 2.09. The third kappa shape index (κ3) is 8.00. The number of carbonyl (C=O) groups excluding carboxylic acids is 2. The van der Waals surface area contributed by atoms with Gasteiger partial charge in [-0.25, -0.2) is 8.42 Å². The SMILES string of the molecule is CCCNC(=O)[C@@H](CC)N(Cc1cccc(OC)c1)C(=O)CN(c1ccccc1OCC)S(=O)(=O)c1ccccc1. The largest absolute Gasteiger partial charge is 0.497 e. The second-order valence-corrected chi connectivity index (χ2v) is 11.2. The fourth-order valence-corrected chi connectivity index (χ4v) is 5.87. The Morgan fingerprint density at radius 2 is 1.63 bits per heavy atom. The van der Waals surface area contributed by atoms with Crippen LogP contribution in [-0.2, 0) is 26.2 Å². The van der Waals surface area contributed by atoms with E-state index in [2.05, 4.69) is 5.32 Å². The molecule has 0 saturated heterocycles. The van der Waals surface area contributed by atoms with Crippen molar-refractivity contribution >= 4 is 27.5 Å². The molecule has 3 aromatic rings. The molecule has 2 amide bonds. The number of carbonyl (C=O) groups is 2. The number of hydrogen-bond donors (Lipinski definition) is 1. The maximum atomic E-state index is 14.2. The third-order valence-corrected chi connectivity index (χ3v) is 8.24. The van der Waals surface area contributed by atoms with Crippen molar-refractivity contribution in [3.05, 3.63) is 84.4 Å². The van der Waals surface area contributed by atoms with Crippen molar-refractivity contribution in [3.63, 3.8) is 0 Å². The zero-order valence-corrected chi connectivity index (χ0v) is 24.9. The van der Waals surface area contributed by atoms with E-state index >= 15 is 0 Å². The number of amides is 2. The van der Waals surface area contributed by atoms with Crippen LogP contribution in [0.1, 0.15) is 39.2 Å². The van der Waals surface area contributed by atoms with E-state index in [1.165, 1.54) is 17.0 Å². The Hall–Kier alpha value is -4.05. The minimum atomic E-state index is -4.19. The molecule has 1 atom stereocenters. The zero-order chi connectivity index (χ0) is 29.8. The summed E-state index contributed by atoms with van der Waals surface area (Å²) in [5, 5.41) is 2.88. The minimum Gasteiger partial charge on any atom is -0.497 e. The summed E-state index contributed by atoms with van der Waals surface area (Å²) >= 11 is 0. The van der Waals surface area contributed by atoms with Crippen LogP contribution in [0.5, 0.6) is 11.5 Å². The molecule has 0 aliphatic rings. The van der Waals surface area contributed by atoms with Gasteiger partial charge in [-0.15, -0.1) is 0 Å². The average molecular weight is 582 g/mol. The molecular weight excluding hydrogens is 542 g/mol. The van der Waals surface area contributed by atoms with Crippen molar-refractivity contribution < 1.29 is 27.5 Å². The third-order valence-electron chi connectivity index (χ3n) is 6.47. The van der Waals surface area contributed by atoms with Crippen LogP contribution < -0.4 is 19.1 Å². The molecule has 3 rings (SSSR count). The van der Waals surface area contributed by atoms with Crippen LogP contribution >= 0.6 is 0 Å².